The van der Waals surface area contributed by atoms with Crippen molar-refractivity contribution in [1.82, 2.24) is 14.9 Å². The number of sulfonamides is 1. The number of amides is 3. The first kappa shape index (κ1) is 23.9. The van der Waals surface area contributed by atoms with Gasteiger partial charge in [-0.15, -0.1) is 0 Å². The molecule has 1 aromatic carbocycles. The van der Waals surface area contributed by atoms with Crippen LogP contribution in [0.4, 0.5) is 9.18 Å². The van der Waals surface area contributed by atoms with E-state index < -0.39 is 33.9 Å². The van der Waals surface area contributed by atoms with Gasteiger partial charge in [-0.3, -0.25) is 14.9 Å². The van der Waals surface area contributed by atoms with Crippen molar-refractivity contribution >= 4 is 27.9 Å². The van der Waals surface area contributed by atoms with Gasteiger partial charge < -0.3 is 14.7 Å². The van der Waals surface area contributed by atoms with Crippen LogP contribution in [0.5, 0.6) is 5.75 Å². The number of aliphatic carboxylic acids is 1. The summed E-state index contributed by atoms with van der Waals surface area (Å²) >= 11 is 0. The average Bonchev–Trinajstić information content (AvgIpc) is 3.49. The Labute approximate surface area is 185 Å². The van der Waals surface area contributed by atoms with Crippen molar-refractivity contribution in [2.75, 3.05) is 25.4 Å². The largest absolute Gasteiger partial charge is 0.490 e. The maximum atomic E-state index is 14.0. The zero-order chi connectivity index (χ0) is 23.3. The first-order valence-corrected chi connectivity index (χ1v) is 12.0. The maximum absolute atomic E-state index is 14.0. The number of carbonyl (C=O) groups excluding carboxylic acids is 2. The van der Waals surface area contributed by atoms with Crippen molar-refractivity contribution in [3.05, 3.63) is 29.6 Å². The van der Waals surface area contributed by atoms with Gasteiger partial charge in [0.25, 0.3) is 0 Å². The Hall–Kier alpha value is -2.73. The number of hydrogen-bond donors (Lipinski definition) is 3. The van der Waals surface area contributed by atoms with Crippen molar-refractivity contribution in [3.8, 4) is 5.75 Å². The topological polar surface area (TPSA) is 142 Å². The number of benzene rings is 1. The molecule has 0 spiro atoms. The lowest BCUT2D eigenvalue weighted by Crippen LogP contribution is -2.35. The molecule has 3 amide bonds. The van der Waals surface area contributed by atoms with E-state index in [0.717, 1.165) is 18.9 Å². The zero-order valence-corrected chi connectivity index (χ0v) is 18.2. The fraction of sp³-hybridized carbons (Fsp3) is 0.550. The Balaban J connectivity index is 1.51. The molecule has 1 heterocycles. The molecule has 10 nitrogen and oxygen atoms in total. The predicted octanol–water partition coefficient (Wildman–Crippen LogP) is 1.38. The number of urea groups is 1. The number of carboxylic acid groups (broad SMARTS) is 1. The van der Waals surface area contributed by atoms with E-state index in [9.17, 15) is 32.3 Å². The molecule has 1 saturated carbocycles. The van der Waals surface area contributed by atoms with Gasteiger partial charge in [-0.2, -0.15) is 4.72 Å². The third-order valence-electron chi connectivity index (χ3n) is 5.21. The zero-order valence-electron chi connectivity index (χ0n) is 17.4. The van der Waals surface area contributed by atoms with E-state index in [0.29, 0.717) is 31.9 Å². The van der Waals surface area contributed by atoms with Crippen molar-refractivity contribution in [2.45, 2.75) is 38.1 Å². The summed E-state index contributed by atoms with van der Waals surface area (Å²) in [4.78, 5) is 35.6. The molecule has 1 saturated heterocycles. The van der Waals surface area contributed by atoms with Crippen molar-refractivity contribution < 1.29 is 37.0 Å². The molecule has 0 radical (unpaired) electrons. The number of imide groups is 1. The second kappa shape index (κ2) is 10.3. The van der Waals surface area contributed by atoms with Gasteiger partial charge in [-0.25, -0.2) is 17.6 Å². The van der Waals surface area contributed by atoms with E-state index in [2.05, 4.69) is 10.0 Å². The van der Waals surface area contributed by atoms with Gasteiger partial charge in [-0.1, -0.05) is 12.5 Å². The Morgan fingerprint density at radius 1 is 1.28 bits per heavy atom. The first-order chi connectivity index (χ1) is 15.1. The van der Waals surface area contributed by atoms with Gasteiger partial charge >= 0.3 is 12.0 Å². The summed E-state index contributed by atoms with van der Waals surface area (Å²) in [5.41, 5.74) is 0.0676. The van der Waals surface area contributed by atoms with E-state index in [1.807, 2.05) is 0 Å². The highest BCUT2D eigenvalue weighted by Crippen LogP contribution is 2.31. The highest BCUT2D eigenvalue weighted by atomic mass is 32.2. The SMILES string of the molecule is O=C1CN(CCCCCS(=O)(=O)N[C@H](C(=O)O)c2ccc(F)c(OCC3CC3)c2)C(=O)N1. The molecule has 1 aliphatic heterocycles. The normalized spacial score (nSPS) is 17.3. The number of carboxylic acids is 1. The van der Waals surface area contributed by atoms with E-state index in [1.165, 1.54) is 17.0 Å². The first-order valence-electron chi connectivity index (χ1n) is 10.4. The van der Waals surface area contributed by atoms with Crippen LogP contribution in [0, 0.1) is 11.7 Å². The fourth-order valence-electron chi connectivity index (χ4n) is 3.24. The van der Waals surface area contributed by atoms with E-state index in [1.54, 1.807) is 0 Å². The molecule has 3 rings (SSSR count). The minimum absolute atomic E-state index is 0.0109. The summed E-state index contributed by atoms with van der Waals surface area (Å²) in [7, 11) is -3.94. The van der Waals surface area contributed by atoms with Crippen molar-refractivity contribution in [1.29, 1.82) is 0 Å². The quantitative estimate of drug-likeness (QED) is 0.291. The second-order valence-electron chi connectivity index (χ2n) is 7.99. The third-order valence-corrected chi connectivity index (χ3v) is 6.63. The lowest BCUT2D eigenvalue weighted by atomic mass is 10.1. The smallest absolute Gasteiger partial charge is 0.326 e. The molecule has 1 atom stereocenters. The minimum atomic E-state index is -3.94. The lowest BCUT2D eigenvalue weighted by molar-refractivity contribution is -0.139. The number of carbonyl (C=O) groups is 3. The summed E-state index contributed by atoms with van der Waals surface area (Å²) in [6.07, 6.45) is 3.21. The molecule has 12 heteroatoms. The van der Waals surface area contributed by atoms with Crippen LogP contribution < -0.4 is 14.8 Å². The number of nitrogens with zero attached hydrogens (tertiary/aromatic N) is 1. The average molecular weight is 472 g/mol. The molecular formula is C20H26FN3O7S. The molecule has 1 aliphatic carbocycles. The van der Waals surface area contributed by atoms with E-state index in [-0.39, 0.29) is 35.9 Å². The van der Waals surface area contributed by atoms with Crippen LogP contribution in [0.3, 0.4) is 0 Å². The molecule has 176 valence electrons. The molecule has 3 N–H and O–H groups in total. The summed E-state index contributed by atoms with van der Waals surface area (Å²) < 4.78 is 46.4. The molecule has 0 aromatic heterocycles. The number of hydrogen-bond acceptors (Lipinski definition) is 6. The highest BCUT2D eigenvalue weighted by molar-refractivity contribution is 7.89. The fourth-order valence-corrected chi connectivity index (χ4v) is 4.53. The van der Waals surface area contributed by atoms with Gasteiger partial charge in [0.1, 0.15) is 12.6 Å². The van der Waals surface area contributed by atoms with Crippen LogP contribution in [0.25, 0.3) is 0 Å². The standard InChI is InChI=1S/C20H26FN3O7S/c21-15-7-6-14(10-16(15)31-12-13-4-5-13)18(19(26)27)23-32(29,30)9-3-1-2-8-24-11-17(25)22-20(24)28/h6-7,10,13,18,23H,1-5,8-9,11-12H2,(H,26,27)(H,22,25,28)/t18-/m0/s1. The molecule has 0 bridgehead atoms. The molecular weight excluding hydrogens is 445 g/mol. The molecule has 0 unspecified atom stereocenters. The third kappa shape index (κ3) is 6.89. The second-order valence-corrected chi connectivity index (χ2v) is 9.86. The van der Waals surface area contributed by atoms with E-state index >= 15 is 0 Å². The molecule has 2 fully saturated rings. The molecule has 1 aromatic rings. The summed E-state index contributed by atoms with van der Waals surface area (Å²) in [5.74, 6) is -2.48. The van der Waals surface area contributed by atoms with Crippen LogP contribution in [0.1, 0.15) is 43.7 Å². The Kier molecular flexibility index (Phi) is 7.67. The summed E-state index contributed by atoms with van der Waals surface area (Å²) in [6, 6.07) is 1.43. The van der Waals surface area contributed by atoms with Gasteiger partial charge in [0.05, 0.1) is 12.4 Å². The van der Waals surface area contributed by atoms with Crippen LogP contribution in [0.15, 0.2) is 18.2 Å². The van der Waals surface area contributed by atoms with Crippen LogP contribution in [-0.4, -0.2) is 61.8 Å². The van der Waals surface area contributed by atoms with Crippen molar-refractivity contribution in [2.24, 2.45) is 5.92 Å². The Bertz CT molecular complexity index is 981. The van der Waals surface area contributed by atoms with Gasteiger partial charge in [-0.05, 0) is 49.3 Å². The maximum Gasteiger partial charge on any atom is 0.326 e. The minimum Gasteiger partial charge on any atom is -0.490 e. The van der Waals surface area contributed by atoms with Crippen LogP contribution >= 0.6 is 0 Å². The van der Waals surface area contributed by atoms with E-state index in [4.69, 9.17) is 4.74 Å². The Morgan fingerprint density at radius 2 is 2.03 bits per heavy atom. The summed E-state index contributed by atoms with van der Waals surface area (Å²) in [5, 5.41) is 11.7. The summed E-state index contributed by atoms with van der Waals surface area (Å²) in [6.45, 7) is 0.641. The van der Waals surface area contributed by atoms with Gasteiger partial charge in [0.15, 0.2) is 11.6 Å². The predicted molar refractivity (Wildman–Crippen MR) is 111 cm³/mol. The van der Waals surface area contributed by atoms with Crippen LogP contribution in [-0.2, 0) is 19.6 Å². The number of nitrogens with one attached hydrogen (secondary N) is 2. The number of halogens is 1. The van der Waals surface area contributed by atoms with Gasteiger partial charge in [0.2, 0.25) is 15.9 Å². The number of ether oxygens (including phenoxy) is 1. The monoisotopic (exact) mass is 471 g/mol. The molecule has 32 heavy (non-hydrogen) atoms. The number of unbranched alkanes of at least 4 members (excludes halogenated alkanes) is 2. The lowest BCUT2D eigenvalue weighted by Gasteiger charge is -2.17. The number of rotatable bonds is 13. The van der Waals surface area contributed by atoms with Crippen molar-refractivity contribution in [3.63, 3.8) is 0 Å². The molecule has 2 aliphatic rings. The van der Waals surface area contributed by atoms with Crippen LogP contribution in [0.2, 0.25) is 0 Å². The highest BCUT2D eigenvalue weighted by Gasteiger charge is 2.28. The Morgan fingerprint density at radius 3 is 2.66 bits per heavy atom. The van der Waals surface area contributed by atoms with Gasteiger partial charge in [0, 0.05) is 6.54 Å².